The van der Waals surface area contributed by atoms with Crippen molar-refractivity contribution in [2.75, 3.05) is 31.1 Å². The maximum atomic E-state index is 12.9. The van der Waals surface area contributed by atoms with Gasteiger partial charge in [-0.2, -0.15) is 0 Å². The van der Waals surface area contributed by atoms with Gasteiger partial charge in [0.15, 0.2) is 5.82 Å². The molecule has 3 aromatic carbocycles. The molecule has 5 rings (SSSR count). The van der Waals surface area contributed by atoms with Crippen LogP contribution in [0.2, 0.25) is 0 Å². The number of benzene rings is 3. The Hall–Kier alpha value is -3.99. The van der Waals surface area contributed by atoms with Crippen LogP contribution in [0.15, 0.2) is 78.9 Å². The van der Waals surface area contributed by atoms with Gasteiger partial charge in [-0.3, -0.25) is 4.79 Å². The zero-order valence-corrected chi connectivity index (χ0v) is 21.2. The van der Waals surface area contributed by atoms with Crippen molar-refractivity contribution < 1.29 is 4.79 Å². The highest BCUT2D eigenvalue weighted by atomic mass is 16.2. The molecule has 1 saturated heterocycles. The predicted octanol–water partition coefficient (Wildman–Crippen LogP) is 5.63. The van der Waals surface area contributed by atoms with Crippen LogP contribution >= 0.6 is 0 Å². The van der Waals surface area contributed by atoms with Gasteiger partial charge in [-0.25, -0.2) is 0 Å². The van der Waals surface area contributed by atoms with E-state index >= 15 is 0 Å². The monoisotopic (exact) mass is 476 g/mol. The molecule has 2 heterocycles. The van der Waals surface area contributed by atoms with Crippen molar-refractivity contribution >= 4 is 11.7 Å². The number of aromatic nitrogens is 2. The van der Waals surface area contributed by atoms with Crippen LogP contribution in [-0.2, 0) is 11.2 Å². The lowest BCUT2D eigenvalue weighted by molar-refractivity contribution is -0.130. The van der Waals surface area contributed by atoms with Crippen molar-refractivity contribution in [2.45, 2.75) is 27.2 Å². The molecule has 0 spiro atoms. The Kier molecular flexibility index (Phi) is 6.81. The normalized spacial score (nSPS) is 13.6. The Morgan fingerprint density at radius 2 is 1.39 bits per heavy atom. The third-order valence-electron chi connectivity index (χ3n) is 7.14. The highest BCUT2D eigenvalue weighted by Gasteiger charge is 2.22. The third kappa shape index (κ3) is 5.15. The van der Waals surface area contributed by atoms with Gasteiger partial charge in [0.2, 0.25) is 5.91 Å². The first-order valence-corrected chi connectivity index (χ1v) is 12.6. The number of amides is 1. The number of anilines is 1. The Balaban J connectivity index is 1.17. The highest BCUT2D eigenvalue weighted by Crippen LogP contribution is 2.26. The van der Waals surface area contributed by atoms with E-state index in [1.807, 2.05) is 29.2 Å². The van der Waals surface area contributed by atoms with E-state index in [4.69, 9.17) is 0 Å². The van der Waals surface area contributed by atoms with Crippen molar-refractivity contribution in [3.63, 3.8) is 0 Å². The average molecular weight is 477 g/mol. The van der Waals surface area contributed by atoms with E-state index in [0.717, 1.165) is 35.7 Å². The second kappa shape index (κ2) is 10.3. The molecule has 0 radical (unpaired) electrons. The Morgan fingerprint density at radius 3 is 2.06 bits per heavy atom. The lowest BCUT2D eigenvalue weighted by Gasteiger charge is -2.35. The lowest BCUT2D eigenvalue weighted by Crippen LogP contribution is -2.49. The predicted molar refractivity (Wildman–Crippen MR) is 146 cm³/mol. The van der Waals surface area contributed by atoms with E-state index in [2.05, 4.69) is 90.5 Å². The summed E-state index contributed by atoms with van der Waals surface area (Å²) in [6.45, 7) is 9.28. The summed E-state index contributed by atoms with van der Waals surface area (Å²) in [5.74, 6) is 1.04. The minimum absolute atomic E-state index is 0.175. The first-order valence-electron chi connectivity index (χ1n) is 12.6. The third-order valence-corrected chi connectivity index (χ3v) is 7.14. The molecule has 182 valence electrons. The van der Waals surface area contributed by atoms with Crippen LogP contribution in [0, 0.1) is 20.8 Å². The van der Waals surface area contributed by atoms with Crippen molar-refractivity contribution in [1.29, 1.82) is 0 Å². The molecule has 1 aliphatic heterocycles. The van der Waals surface area contributed by atoms with Gasteiger partial charge in [-0.1, -0.05) is 60.7 Å². The van der Waals surface area contributed by atoms with E-state index in [-0.39, 0.29) is 5.91 Å². The van der Waals surface area contributed by atoms with Gasteiger partial charge < -0.3 is 9.80 Å². The number of piperazine rings is 1. The second-order valence-electron chi connectivity index (χ2n) is 9.64. The molecular weight excluding hydrogens is 444 g/mol. The lowest BCUT2D eigenvalue weighted by atomic mass is 9.99. The molecule has 0 unspecified atom stereocenters. The van der Waals surface area contributed by atoms with Crippen LogP contribution in [0.4, 0.5) is 5.82 Å². The number of hydrogen-bond acceptors (Lipinski definition) is 4. The summed E-state index contributed by atoms with van der Waals surface area (Å²) in [6, 6.07) is 27.1. The maximum Gasteiger partial charge on any atom is 0.227 e. The summed E-state index contributed by atoms with van der Waals surface area (Å²) in [6.07, 6.45) is 0.429. The van der Waals surface area contributed by atoms with Crippen LogP contribution in [0.1, 0.15) is 22.3 Å². The van der Waals surface area contributed by atoms with Gasteiger partial charge >= 0.3 is 0 Å². The molecular formula is C31H32N4O. The van der Waals surface area contributed by atoms with Gasteiger partial charge in [0.05, 0.1) is 12.1 Å². The van der Waals surface area contributed by atoms with Crippen LogP contribution < -0.4 is 4.90 Å². The number of hydrogen-bond donors (Lipinski definition) is 0. The minimum atomic E-state index is 0.175. The maximum absolute atomic E-state index is 12.9. The van der Waals surface area contributed by atoms with Gasteiger partial charge in [-0.05, 0) is 72.4 Å². The number of carbonyl (C=O) groups is 1. The largest absolute Gasteiger partial charge is 0.352 e. The van der Waals surface area contributed by atoms with E-state index in [9.17, 15) is 4.79 Å². The summed E-state index contributed by atoms with van der Waals surface area (Å²) in [7, 11) is 0. The fraction of sp³-hybridized carbons (Fsp3) is 0.258. The quantitative estimate of drug-likeness (QED) is 0.375. The molecule has 0 aliphatic carbocycles. The van der Waals surface area contributed by atoms with Gasteiger partial charge in [0, 0.05) is 31.7 Å². The van der Waals surface area contributed by atoms with Crippen LogP contribution in [0.3, 0.4) is 0 Å². The molecule has 1 fully saturated rings. The summed E-state index contributed by atoms with van der Waals surface area (Å²) < 4.78 is 0. The molecule has 0 saturated carbocycles. The van der Waals surface area contributed by atoms with Gasteiger partial charge in [0.1, 0.15) is 0 Å². The smallest absolute Gasteiger partial charge is 0.227 e. The Morgan fingerprint density at radius 1 is 0.722 bits per heavy atom. The zero-order chi connectivity index (χ0) is 25.1. The van der Waals surface area contributed by atoms with Gasteiger partial charge in [-0.15, -0.1) is 10.2 Å². The molecule has 0 atom stereocenters. The average Bonchev–Trinajstić information content (AvgIpc) is 2.92. The summed E-state index contributed by atoms with van der Waals surface area (Å²) in [4.78, 5) is 17.1. The summed E-state index contributed by atoms with van der Waals surface area (Å²) in [5.41, 5.74) is 9.18. The molecule has 1 aromatic heterocycles. The summed E-state index contributed by atoms with van der Waals surface area (Å²) in [5, 5.41) is 9.04. The Bertz CT molecular complexity index is 1340. The molecule has 4 aromatic rings. The molecule has 5 heteroatoms. The fourth-order valence-corrected chi connectivity index (χ4v) is 4.79. The molecule has 1 aliphatic rings. The van der Waals surface area contributed by atoms with Crippen molar-refractivity contribution in [2.24, 2.45) is 0 Å². The molecule has 5 nitrogen and oxygen atoms in total. The second-order valence-corrected chi connectivity index (χ2v) is 9.64. The van der Waals surface area contributed by atoms with Crippen LogP contribution in [0.25, 0.3) is 22.4 Å². The van der Waals surface area contributed by atoms with E-state index < -0.39 is 0 Å². The number of nitrogens with zero attached hydrogens (tertiary/aromatic N) is 4. The van der Waals surface area contributed by atoms with Gasteiger partial charge in [0.25, 0.3) is 0 Å². The minimum Gasteiger partial charge on any atom is -0.352 e. The Labute approximate surface area is 213 Å². The van der Waals surface area contributed by atoms with Crippen LogP contribution in [-0.4, -0.2) is 47.2 Å². The first kappa shape index (κ1) is 23.7. The van der Waals surface area contributed by atoms with Crippen molar-refractivity contribution in [3.8, 4) is 22.4 Å². The number of carbonyl (C=O) groups excluding carboxylic acids is 1. The van der Waals surface area contributed by atoms with E-state index in [1.54, 1.807) is 0 Å². The molecule has 0 bridgehead atoms. The number of rotatable bonds is 5. The first-order chi connectivity index (χ1) is 17.5. The SMILES string of the molecule is Cc1cc(C)c(-c2ccc(N3CCN(C(=O)Cc4ccc(-c5ccccc5)cc4)CC3)nn2)cc1C. The number of aryl methyl sites for hydroxylation is 3. The molecule has 1 amide bonds. The van der Waals surface area contributed by atoms with Crippen molar-refractivity contribution in [3.05, 3.63) is 101 Å². The van der Waals surface area contributed by atoms with Crippen LogP contribution in [0.5, 0.6) is 0 Å². The molecule has 0 N–H and O–H groups in total. The summed E-state index contributed by atoms with van der Waals surface area (Å²) >= 11 is 0. The van der Waals surface area contributed by atoms with E-state index in [1.165, 1.54) is 27.8 Å². The topological polar surface area (TPSA) is 49.3 Å². The zero-order valence-electron chi connectivity index (χ0n) is 21.2. The highest BCUT2D eigenvalue weighted by molar-refractivity contribution is 5.79. The van der Waals surface area contributed by atoms with Crippen molar-refractivity contribution in [1.82, 2.24) is 15.1 Å². The standard InChI is InChI=1S/C31H32N4O/c1-22-19-24(3)28(20-23(22)2)29-13-14-30(33-32-29)34-15-17-35(18-16-34)31(36)21-25-9-11-27(12-10-25)26-7-5-4-6-8-26/h4-14,19-20H,15-18,21H2,1-3H3. The fourth-order valence-electron chi connectivity index (χ4n) is 4.79. The molecule has 36 heavy (non-hydrogen) atoms. The van der Waals surface area contributed by atoms with E-state index in [0.29, 0.717) is 19.5 Å².